The number of fused-ring (bicyclic) bond motifs is 1. The third-order valence-corrected chi connectivity index (χ3v) is 5.16. The van der Waals surface area contributed by atoms with Gasteiger partial charge >= 0.3 is 0 Å². The second kappa shape index (κ2) is 5.18. The molecule has 102 valence electrons. The Labute approximate surface area is 133 Å². The van der Waals surface area contributed by atoms with E-state index in [0.29, 0.717) is 11.0 Å². The lowest BCUT2D eigenvalue weighted by Crippen LogP contribution is -1.90. The van der Waals surface area contributed by atoms with Gasteiger partial charge in [0.2, 0.25) is 0 Å². The van der Waals surface area contributed by atoms with Gasteiger partial charge in [-0.25, -0.2) is 9.97 Å². The Morgan fingerprint density at radius 1 is 1.00 bits per heavy atom. The minimum absolute atomic E-state index is 0.497. The summed E-state index contributed by atoms with van der Waals surface area (Å²) in [4.78, 5) is 15.2. The number of nitrogens with zero attached hydrogens (tertiary/aromatic N) is 3. The van der Waals surface area contributed by atoms with Crippen LogP contribution >= 0.6 is 34.3 Å². The summed E-state index contributed by atoms with van der Waals surface area (Å²) in [6, 6.07) is 7.87. The smallest absolute Gasteiger partial charge is 0.162 e. The number of aromatic nitrogens is 3. The maximum Gasteiger partial charge on any atom is 0.162 e. The van der Waals surface area contributed by atoms with Crippen LogP contribution in [0.1, 0.15) is 0 Å². The number of rotatable bonds is 2. The molecule has 4 heterocycles. The fraction of sp³-hybridized carbons (Fsp3) is 0. The standard InChI is InChI=1S/C15H8ClN3S2/c16-13-12-10(11-2-1-7-20-11)8-21-15(12)19-14(18-13)9-3-5-17-6-4-9/h1-8H. The van der Waals surface area contributed by atoms with Crippen LogP contribution in [0.4, 0.5) is 0 Å². The van der Waals surface area contributed by atoms with Gasteiger partial charge in [-0.05, 0) is 23.6 Å². The molecule has 0 aliphatic rings. The van der Waals surface area contributed by atoms with Gasteiger partial charge in [0.25, 0.3) is 0 Å². The average Bonchev–Trinajstić information content (AvgIpc) is 3.17. The molecule has 4 aromatic rings. The van der Waals surface area contributed by atoms with Crippen molar-refractivity contribution in [2.45, 2.75) is 0 Å². The number of hydrogen-bond acceptors (Lipinski definition) is 5. The lowest BCUT2D eigenvalue weighted by Gasteiger charge is -2.02. The SMILES string of the molecule is Clc1nc(-c2ccncc2)nc2scc(-c3cccs3)c12. The molecule has 0 bridgehead atoms. The zero-order chi connectivity index (χ0) is 14.2. The molecule has 0 unspecified atom stereocenters. The Morgan fingerprint density at radius 2 is 1.86 bits per heavy atom. The van der Waals surface area contributed by atoms with Gasteiger partial charge in [0.15, 0.2) is 5.82 Å². The van der Waals surface area contributed by atoms with E-state index in [2.05, 4.69) is 31.8 Å². The Kier molecular flexibility index (Phi) is 3.18. The van der Waals surface area contributed by atoms with E-state index in [-0.39, 0.29) is 0 Å². The summed E-state index contributed by atoms with van der Waals surface area (Å²) in [6.45, 7) is 0. The molecule has 0 aromatic carbocycles. The van der Waals surface area contributed by atoms with Crippen LogP contribution in [0.3, 0.4) is 0 Å². The first-order valence-corrected chi connectivity index (χ1v) is 8.35. The lowest BCUT2D eigenvalue weighted by molar-refractivity contribution is 1.22. The zero-order valence-electron chi connectivity index (χ0n) is 10.7. The monoisotopic (exact) mass is 329 g/mol. The summed E-state index contributed by atoms with van der Waals surface area (Å²) in [5.74, 6) is 0.634. The van der Waals surface area contributed by atoms with Gasteiger partial charge in [0.1, 0.15) is 9.98 Å². The van der Waals surface area contributed by atoms with Crippen molar-refractivity contribution in [2.24, 2.45) is 0 Å². The normalized spacial score (nSPS) is 11.1. The minimum Gasteiger partial charge on any atom is -0.265 e. The van der Waals surface area contributed by atoms with E-state index >= 15 is 0 Å². The molecule has 6 heteroatoms. The summed E-state index contributed by atoms with van der Waals surface area (Å²) in [6.07, 6.45) is 3.45. The van der Waals surface area contributed by atoms with Crippen LogP contribution in [0.5, 0.6) is 0 Å². The second-order valence-corrected chi connectivity index (χ2v) is 6.54. The van der Waals surface area contributed by atoms with Crippen molar-refractivity contribution in [3.63, 3.8) is 0 Å². The quantitative estimate of drug-likeness (QED) is 0.478. The third kappa shape index (κ3) is 2.23. The van der Waals surface area contributed by atoms with Crippen LogP contribution in [-0.4, -0.2) is 15.0 Å². The van der Waals surface area contributed by atoms with E-state index in [9.17, 15) is 0 Å². The Morgan fingerprint density at radius 3 is 2.62 bits per heavy atom. The van der Waals surface area contributed by atoms with Crippen molar-refractivity contribution < 1.29 is 0 Å². The zero-order valence-corrected chi connectivity index (χ0v) is 13.0. The summed E-state index contributed by atoms with van der Waals surface area (Å²) in [5.41, 5.74) is 2.02. The van der Waals surface area contributed by atoms with Crippen LogP contribution in [0.15, 0.2) is 47.4 Å². The van der Waals surface area contributed by atoms with E-state index in [1.807, 2.05) is 18.2 Å². The van der Waals surface area contributed by atoms with E-state index in [1.54, 1.807) is 35.1 Å². The van der Waals surface area contributed by atoms with Crippen molar-refractivity contribution in [2.75, 3.05) is 0 Å². The maximum atomic E-state index is 6.42. The van der Waals surface area contributed by atoms with Crippen LogP contribution in [0.2, 0.25) is 5.15 Å². The Hall–Kier alpha value is -1.82. The molecule has 0 spiro atoms. The van der Waals surface area contributed by atoms with E-state index in [0.717, 1.165) is 21.3 Å². The topological polar surface area (TPSA) is 38.7 Å². The Balaban J connectivity index is 1.93. The van der Waals surface area contributed by atoms with Crippen molar-refractivity contribution in [3.05, 3.63) is 52.6 Å². The fourth-order valence-electron chi connectivity index (χ4n) is 2.14. The van der Waals surface area contributed by atoms with Crippen molar-refractivity contribution >= 4 is 44.5 Å². The molecular weight excluding hydrogens is 322 g/mol. The van der Waals surface area contributed by atoms with Gasteiger partial charge in [-0.3, -0.25) is 4.98 Å². The van der Waals surface area contributed by atoms with Gasteiger partial charge in [-0.1, -0.05) is 17.7 Å². The molecule has 21 heavy (non-hydrogen) atoms. The van der Waals surface area contributed by atoms with Crippen LogP contribution < -0.4 is 0 Å². The first-order chi connectivity index (χ1) is 10.3. The fourth-order valence-corrected chi connectivity index (χ4v) is 4.23. The van der Waals surface area contributed by atoms with Crippen molar-refractivity contribution in [1.82, 2.24) is 15.0 Å². The van der Waals surface area contributed by atoms with Crippen LogP contribution in [0, 0.1) is 0 Å². The second-order valence-electron chi connectivity index (χ2n) is 4.38. The highest BCUT2D eigenvalue weighted by Gasteiger charge is 2.15. The van der Waals surface area contributed by atoms with Gasteiger partial charge in [-0.15, -0.1) is 22.7 Å². The summed E-state index contributed by atoms with van der Waals surface area (Å²) < 4.78 is 0. The van der Waals surface area contributed by atoms with Gasteiger partial charge < -0.3 is 0 Å². The molecule has 4 rings (SSSR count). The maximum absolute atomic E-state index is 6.42. The van der Waals surface area contributed by atoms with Gasteiger partial charge in [-0.2, -0.15) is 0 Å². The number of pyridine rings is 1. The van der Waals surface area contributed by atoms with Gasteiger partial charge in [0, 0.05) is 33.8 Å². The Bertz CT molecular complexity index is 901. The predicted molar refractivity (Wildman–Crippen MR) is 89.0 cm³/mol. The molecule has 0 saturated heterocycles. The molecule has 0 fully saturated rings. The first-order valence-electron chi connectivity index (χ1n) is 6.22. The molecule has 0 radical (unpaired) electrons. The molecule has 0 atom stereocenters. The molecule has 0 N–H and O–H groups in total. The highest BCUT2D eigenvalue weighted by molar-refractivity contribution is 7.18. The average molecular weight is 330 g/mol. The molecule has 3 nitrogen and oxygen atoms in total. The molecule has 0 amide bonds. The highest BCUT2D eigenvalue weighted by Crippen LogP contribution is 2.39. The number of thiophene rings is 2. The number of hydrogen-bond donors (Lipinski definition) is 0. The van der Waals surface area contributed by atoms with E-state index < -0.39 is 0 Å². The first kappa shape index (κ1) is 12.9. The molecule has 4 aromatic heterocycles. The van der Waals surface area contributed by atoms with E-state index in [4.69, 9.17) is 11.6 Å². The summed E-state index contributed by atoms with van der Waals surface area (Å²) >= 11 is 9.70. The lowest BCUT2D eigenvalue weighted by atomic mass is 10.2. The molecule has 0 aliphatic carbocycles. The van der Waals surface area contributed by atoms with E-state index in [1.165, 1.54) is 4.88 Å². The van der Waals surface area contributed by atoms with Crippen LogP contribution in [0.25, 0.3) is 32.0 Å². The molecule has 0 aliphatic heterocycles. The highest BCUT2D eigenvalue weighted by atomic mass is 35.5. The van der Waals surface area contributed by atoms with Gasteiger partial charge in [0.05, 0.1) is 5.39 Å². The molecule has 0 saturated carbocycles. The largest absolute Gasteiger partial charge is 0.265 e. The summed E-state index contributed by atoms with van der Waals surface area (Å²) in [7, 11) is 0. The van der Waals surface area contributed by atoms with Crippen molar-refractivity contribution in [1.29, 1.82) is 0 Å². The minimum atomic E-state index is 0.497. The number of halogens is 1. The summed E-state index contributed by atoms with van der Waals surface area (Å²) in [5, 5.41) is 5.57. The molecular formula is C15H8ClN3S2. The third-order valence-electron chi connectivity index (χ3n) is 3.11. The van der Waals surface area contributed by atoms with Crippen molar-refractivity contribution in [3.8, 4) is 21.8 Å². The predicted octanol–water partition coefficient (Wildman–Crippen LogP) is 5.14. The van der Waals surface area contributed by atoms with Crippen LogP contribution in [-0.2, 0) is 0 Å².